The minimum Gasteiger partial charge on any atom is -0.481 e. The first-order chi connectivity index (χ1) is 8.01. The van der Waals surface area contributed by atoms with E-state index in [0.29, 0.717) is 24.3 Å². The minimum absolute atomic E-state index is 0.303. The van der Waals surface area contributed by atoms with Crippen LogP contribution in [0.25, 0.3) is 0 Å². The fraction of sp³-hybridized carbons (Fsp3) is 0.417. The first-order valence-electron chi connectivity index (χ1n) is 5.35. The van der Waals surface area contributed by atoms with Crippen molar-refractivity contribution in [1.29, 1.82) is 5.26 Å². The van der Waals surface area contributed by atoms with Crippen LogP contribution in [0.1, 0.15) is 25.8 Å². The molecule has 0 fully saturated rings. The van der Waals surface area contributed by atoms with Gasteiger partial charge in [-0.3, -0.25) is 4.79 Å². The second-order valence-corrected chi connectivity index (χ2v) is 4.12. The Kier molecular flexibility index (Phi) is 4.05. The summed E-state index contributed by atoms with van der Waals surface area (Å²) in [7, 11) is 0. The van der Waals surface area contributed by atoms with Crippen LogP contribution in [0.3, 0.4) is 0 Å². The van der Waals surface area contributed by atoms with Crippen LogP contribution in [-0.2, 0) is 4.79 Å². The Labute approximate surface area is 100 Å². The number of nitrogens with zero attached hydrogens (tertiary/aromatic N) is 2. The molecule has 1 aromatic heterocycles. The molecular formula is C12H15N3O2. The van der Waals surface area contributed by atoms with Crippen molar-refractivity contribution in [3.63, 3.8) is 0 Å². The molecule has 5 heteroatoms. The first-order valence-corrected chi connectivity index (χ1v) is 5.35. The molecule has 0 radical (unpaired) electrons. The van der Waals surface area contributed by atoms with Gasteiger partial charge in [-0.05, 0) is 25.5 Å². The quantitative estimate of drug-likeness (QED) is 0.810. The molecule has 0 aromatic carbocycles. The van der Waals surface area contributed by atoms with Crippen LogP contribution >= 0.6 is 0 Å². The number of rotatable bonds is 5. The molecule has 5 nitrogen and oxygen atoms in total. The van der Waals surface area contributed by atoms with E-state index in [1.165, 1.54) is 6.20 Å². The molecule has 1 aromatic rings. The summed E-state index contributed by atoms with van der Waals surface area (Å²) in [4.78, 5) is 15.1. The zero-order valence-electron chi connectivity index (χ0n) is 9.90. The molecule has 90 valence electrons. The number of carbonyl (C=O) groups is 1. The van der Waals surface area contributed by atoms with Crippen LogP contribution < -0.4 is 5.32 Å². The largest absolute Gasteiger partial charge is 0.481 e. The second kappa shape index (κ2) is 5.30. The van der Waals surface area contributed by atoms with Gasteiger partial charge in [0.15, 0.2) is 0 Å². The van der Waals surface area contributed by atoms with Crippen LogP contribution in [0.15, 0.2) is 18.3 Å². The van der Waals surface area contributed by atoms with Crippen molar-refractivity contribution >= 4 is 11.8 Å². The van der Waals surface area contributed by atoms with Gasteiger partial charge in [0, 0.05) is 12.7 Å². The summed E-state index contributed by atoms with van der Waals surface area (Å²) in [6.07, 6.45) is 1.98. The average Bonchev–Trinajstić information content (AvgIpc) is 2.36. The van der Waals surface area contributed by atoms with Crippen molar-refractivity contribution in [1.82, 2.24) is 4.98 Å². The van der Waals surface area contributed by atoms with Gasteiger partial charge >= 0.3 is 5.97 Å². The van der Waals surface area contributed by atoms with Gasteiger partial charge in [-0.15, -0.1) is 0 Å². The lowest BCUT2D eigenvalue weighted by molar-refractivity contribution is -0.147. The maximum Gasteiger partial charge on any atom is 0.311 e. The first kappa shape index (κ1) is 13.0. The number of anilines is 1. The Balaban J connectivity index is 2.67. The maximum atomic E-state index is 11.1. The van der Waals surface area contributed by atoms with E-state index in [-0.39, 0.29) is 0 Å². The molecule has 1 atom stereocenters. The average molecular weight is 233 g/mol. The van der Waals surface area contributed by atoms with Gasteiger partial charge in [-0.25, -0.2) is 4.98 Å². The predicted octanol–water partition coefficient (Wildman–Crippen LogP) is 1.87. The number of aromatic nitrogens is 1. The maximum absolute atomic E-state index is 11.1. The Morgan fingerprint density at radius 1 is 1.65 bits per heavy atom. The van der Waals surface area contributed by atoms with Crippen LogP contribution in [0.4, 0.5) is 5.82 Å². The fourth-order valence-electron chi connectivity index (χ4n) is 1.20. The highest BCUT2D eigenvalue weighted by atomic mass is 16.4. The van der Waals surface area contributed by atoms with Gasteiger partial charge < -0.3 is 10.4 Å². The Morgan fingerprint density at radius 2 is 2.35 bits per heavy atom. The predicted molar refractivity (Wildman–Crippen MR) is 63.5 cm³/mol. The van der Waals surface area contributed by atoms with Crippen LogP contribution in [0.2, 0.25) is 0 Å². The highest BCUT2D eigenvalue weighted by Crippen LogP contribution is 2.21. The number of carboxylic acid groups (broad SMARTS) is 1. The van der Waals surface area contributed by atoms with E-state index >= 15 is 0 Å². The van der Waals surface area contributed by atoms with Gasteiger partial charge in [-0.2, -0.15) is 5.26 Å². The Bertz CT molecular complexity index is 436. The van der Waals surface area contributed by atoms with E-state index in [0.717, 1.165) is 0 Å². The Hall–Kier alpha value is -2.09. The minimum atomic E-state index is -0.832. The molecule has 17 heavy (non-hydrogen) atoms. The lowest BCUT2D eigenvalue weighted by atomic mass is 9.88. The van der Waals surface area contributed by atoms with Gasteiger partial charge in [-0.1, -0.05) is 6.92 Å². The lowest BCUT2D eigenvalue weighted by Crippen LogP contribution is -2.34. The molecule has 1 rings (SSSR count). The van der Waals surface area contributed by atoms with Gasteiger partial charge in [0.05, 0.1) is 11.0 Å². The number of nitrogens with one attached hydrogen (secondary N) is 1. The monoisotopic (exact) mass is 233 g/mol. The molecule has 0 amide bonds. The zero-order valence-corrected chi connectivity index (χ0v) is 9.90. The van der Waals surface area contributed by atoms with Crippen molar-refractivity contribution < 1.29 is 9.90 Å². The fourth-order valence-corrected chi connectivity index (χ4v) is 1.20. The number of nitriles is 1. The topological polar surface area (TPSA) is 86.0 Å². The van der Waals surface area contributed by atoms with Crippen molar-refractivity contribution in [3.8, 4) is 6.07 Å². The molecular weight excluding hydrogens is 218 g/mol. The van der Waals surface area contributed by atoms with E-state index in [9.17, 15) is 4.79 Å². The third-order valence-electron chi connectivity index (χ3n) is 2.85. The van der Waals surface area contributed by atoms with E-state index in [1.807, 2.05) is 13.0 Å². The molecule has 0 aliphatic carbocycles. The third-order valence-corrected chi connectivity index (χ3v) is 2.85. The summed E-state index contributed by atoms with van der Waals surface area (Å²) in [5, 5.41) is 20.7. The highest BCUT2D eigenvalue weighted by Gasteiger charge is 2.30. The molecule has 0 aliphatic rings. The van der Waals surface area contributed by atoms with Gasteiger partial charge in [0.25, 0.3) is 0 Å². The summed E-state index contributed by atoms with van der Waals surface area (Å²) in [6, 6.07) is 5.27. The summed E-state index contributed by atoms with van der Waals surface area (Å²) < 4.78 is 0. The summed E-state index contributed by atoms with van der Waals surface area (Å²) in [6.45, 7) is 3.83. The smallest absolute Gasteiger partial charge is 0.311 e. The van der Waals surface area contributed by atoms with E-state index < -0.39 is 11.4 Å². The van der Waals surface area contributed by atoms with E-state index in [4.69, 9.17) is 10.4 Å². The molecule has 0 aliphatic heterocycles. The van der Waals surface area contributed by atoms with Crippen molar-refractivity contribution in [3.05, 3.63) is 23.9 Å². The molecule has 0 saturated heterocycles. The number of carboxylic acids is 1. The lowest BCUT2D eigenvalue weighted by Gasteiger charge is -2.23. The molecule has 1 heterocycles. The standard InChI is InChI=1S/C12H15N3O2/c1-3-12(2,11(16)17)8-15-10-5-4-9(6-13)7-14-10/h4-5,7H,3,8H2,1-2H3,(H,14,15)(H,16,17). The Morgan fingerprint density at radius 3 is 2.76 bits per heavy atom. The van der Waals surface area contributed by atoms with E-state index in [1.54, 1.807) is 19.1 Å². The van der Waals surface area contributed by atoms with E-state index in [2.05, 4.69) is 10.3 Å². The molecule has 1 unspecified atom stereocenters. The van der Waals surface area contributed by atoms with Crippen LogP contribution in [0, 0.1) is 16.7 Å². The number of hydrogen-bond acceptors (Lipinski definition) is 4. The van der Waals surface area contributed by atoms with Gasteiger partial charge in [0.2, 0.25) is 0 Å². The normalized spacial score (nSPS) is 13.5. The number of pyridine rings is 1. The van der Waals surface area contributed by atoms with Gasteiger partial charge in [0.1, 0.15) is 11.9 Å². The molecule has 0 saturated carbocycles. The summed E-state index contributed by atoms with van der Waals surface area (Å²) >= 11 is 0. The number of hydrogen-bond donors (Lipinski definition) is 2. The molecule has 0 bridgehead atoms. The molecule has 0 spiro atoms. The van der Waals surface area contributed by atoms with Crippen LogP contribution in [-0.4, -0.2) is 22.6 Å². The van der Waals surface area contributed by atoms with Crippen molar-refractivity contribution in [2.24, 2.45) is 5.41 Å². The van der Waals surface area contributed by atoms with Crippen molar-refractivity contribution in [2.75, 3.05) is 11.9 Å². The van der Waals surface area contributed by atoms with Crippen LogP contribution in [0.5, 0.6) is 0 Å². The molecule has 2 N–H and O–H groups in total. The number of aliphatic carboxylic acids is 1. The highest BCUT2D eigenvalue weighted by molar-refractivity contribution is 5.74. The summed E-state index contributed by atoms with van der Waals surface area (Å²) in [5.74, 6) is -0.258. The van der Waals surface area contributed by atoms with Crippen molar-refractivity contribution in [2.45, 2.75) is 20.3 Å². The summed E-state index contributed by atoms with van der Waals surface area (Å²) in [5.41, 5.74) is -0.331. The SMILES string of the molecule is CCC(C)(CNc1ccc(C#N)cn1)C(=O)O. The second-order valence-electron chi connectivity index (χ2n) is 4.12. The zero-order chi connectivity index (χ0) is 12.9. The third kappa shape index (κ3) is 3.18.